The van der Waals surface area contributed by atoms with Gasteiger partial charge in [-0.25, -0.2) is 4.79 Å². The number of carbonyl (C=O) groups is 3. The van der Waals surface area contributed by atoms with Gasteiger partial charge in [0.25, 0.3) is 0 Å². The summed E-state index contributed by atoms with van der Waals surface area (Å²) in [4.78, 5) is 35.2. The molecular weight excluding hydrogens is 236 g/mol. The van der Waals surface area contributed by atoms with Crippen LogP contribution in [-0.4, -0.2) is 46.9 Å². The first-order valence-electron chi connectivity index (χ1n) is 6.09. The maximum absolute atomic E-state index is 11.8. The Bertz CT molecular complexity index is 354. The number of carboxylic acid groups (broad SMARTS) is 1. The van der Waals surface area contributed by atoms with Gasteiger partial charge in [-0.15, -0.1) is 0 Å². The average molecular weight is 256 g/mol. The number of carbonyl (C=O) groups excluding carboxylic acids is 2. The van der Waals surface area contributed by atoms with Gasteiger partial charge in [-0.1, -0.05) is 13.8 Å². The van der Waals surface area contributed by atoms with Crippen LogP contribution in [0.5, 0.6) is 0 Å². The second-order valence-electron chi connectivity index (χ2n) is 5.10. The van der Waals surface area contributed by atoms with Crippen molar-refractivity contribution in [2.24, 2.45) is 11.8 Å². The van der Waals surface area contributed by atoms with Crippen molar-refractivity contribution in [1.29, 1.82) is 0 Å². The van der Waals surface area contributed by atoms with E-state index in [2.05, 4.69) is 5.32 Å². The molecule has 6 nitrogen and oxygen atoms in total. The average Bonchev–Trinajstić information content (AvgIpc) is 2.58. The molecule has 0 aromatic carbocycles. The van der Waals surface area contributed by atoms with Gasteiger partial charge in [0.05, 0.1) is 6.54 Å². The lowest BCUT2D eigenvalue weighted by Gasteiger charge is -2.22. The summed E-state index contributed by atoms with van der Waals surface area (Å²) in [5.74, 6) is -0.905. The van der Waals surface area contributed by atoms with Gasteiger partial charge in [0.1, 0.15) is 6.04 Å². The number of aliphatic carboxylic acids is 1. The first-order valence-corrected chi connectivity index (χ1v) is 6.09. The Morgan fingerprint density at radius 3 is 2.50 bits per heavy atom. The summed E-state index contributed by atoms with van der Waals surface area (Å²) in [6.07, 6.45) is 0.462. The molecule has 0 aromatic rings. The fourth-order valence-corrected chi connectivity index (χ4v) is 2.08. The Morgan fingerprint density at radius 2 is 2.11 bits per heavy atom. The van der Waals surface area contributed by atoms with E-state index >= 15 is 0 Å². The molecule has 1 aliphatic heterocycles. The zero-order valence-electron chi connectivity index (χ0n) is 11.0. The Morgan fingerprint density at radius 1 is 1.50 bits per heavy atom. The van der Waals surface area contributed by atoms with E-state index in [-0.39, 0.29) is 18.4 Å². The van der Waals surface area contributed by atoms with Gasteiger partial charge in [0.2, 0.25) is 11.8 Å². The highest BCUT2D eigenvalue weighted by Gasteiger charge is 2.34. The minimum atomic E-state index is -1.12. The Kier molecular flexibility index (Phi) is 4.69. The SMILES string of the molecule is CC(=O)NC(CN1CC(C(C)C)CC1=O)C(=O)O. The van der Waals surface area contributed by atoms with Crippen LogP contribution in [0.4, 0.5) is 0 Å². The van der Waals surface area contributed by atoms with Crippen LogP contribution in [-0.2, 0) is 14.4 Å². The highest BCUT2D eigenvalue weighted by molar-refractivity contribution is 5.84. The van der Waals surface area contributed by atoms with E-state index in [0.29, 0.717) is 18.9 Å². The number of nitrogens with one attached hydrogen (secondary N) is 1. The summed E-state index contributed by atoms with van der Waals surface area (Å²) in [6.45, 7) is 5.96. The van der Waals surface area contributed by atoms with Gasteiger partial charge < -0.3 is 15.3 Å². The first-order chi connectivity index (χ1) is 8.31. The molecule has 1 heterocycles. The minimum absolute atomic E-state index is 0.0368. The largest absolute Gasteiger partial charge is 0.480 e. The van der Waals surface area contributed by atoms with Crippen molar-refractivity contribution in [2.45, 2.75) is 33.2 Å². The van der Waals surface area contributed by atoms with E-state index in [9.17, 15) is 14.4 Å². The highest BCUT2D eigenvalue weighted by atomic mass is 16.4. The number of amides is 2. The van der Waals surface area contributed by atoms with Gasteiger partial charge in [0, 0.05) is 19.9 Å². The van der Waals surface area contributed by atoms with Crippen molar-refractivity contribution in [3.8, 4) is 0 Å². The number of likely N-dealkylation sites (tertiary alicyclic amines) is 1. The van der Waals surface area contributed by atoms with Gasteiger partial charge in [-0.3, -0.25) is 9.59 Å². The van der Waals surface area contributed by atoms with Crippen LogP contribution in [0.1, 0.15) is 27.2 Å². The fourth-order valence-electron chi connectivity index (χ4n) is 2.08. The van der Waals surface area contributed by atoms with Crippen molar-refractivity contribution in [2.75, 3.05) is 13.1 Å². The summed E-state index contributed by atoms with van der Waals surface area (Å²) in [5.41, 5.74) is 0. The third kappa shape index (κ3) is 3.72. The topological polar surface area (TPSA) is 86.7 Å². The van der Waals surface area contributed by atoms with Crippen LogP contribution < -0.4 is 5.32 Å². The van der Waals surface area contributed by atoms with Gasteiger partial charge in [-0.05, 0) is 11.8 Å². The molecule has 6 heteroatoms. The smallest absolute Gasteiger partial charge is 0.328 e. The van der Waals surface area contributed by atoms with Gasteiger partial charge in [0.15, 0.2) is 0 Å². The van der Waals surface area contributed by atoms with Crippen LogP contribution >= 0.6 is 0 Å². The molecule has 0 saturated carbocycles. The van der Waals surface area contributed by atoms with E-state index in [1.54, 1.807) is 0 Å². The molecule has 1 rings (SSSR count). The second kappa shape index (κ2) is 5.84. The number of nitrogens with zero attached hydrogens (tertiary/aromatic N) is 1. The van der Waals surface area contributed by atoms with E-state index in [1.165, 1.54) is 11.8 Å². The monoisotopic (exact) mass is 256 g/mol. The molecule has 2 N–H and O–H groups in total. The molecule has 18 heavy (non-hydrogen) atoms. The van der Waals surface area contributed by atoms with Crippen LogP contribution in [0.2, 0.25) is 0 Å². The summed E-state index contributed by atoms with van der Waals surface area (Å²) in [6, 6.07) is -1.03. The van der Waals surface area contributed by atoms with Crippen molar-refractivity contribution in [3.63, 3.8) is 0 Å². The van der Waals surface area contributed by atoms with Crippen LogP contribution in [0.15, 0.2) is 0 Å². The molecule has 0 aliphatic carbocycles. The standard InChI is InChI=1S/C12H20N2O4/c1-7(2)9-4-11(16)14(5-9)6-10(12(17)18)13-8(3)15/h7,9-10H,4-6H2,1-3H3,(H,13,15)(H,17,18). The zero-order valence-corrected chi connectivity index (χ0v) is 11.0. The molecule has 2 amide bonds. The van der Waals surface area contributed by atoms with E-state index in [4.69, 9.17) is 5.11 Å². The number of hydrogen-bond acceptors (Lipinski definition) is 3. The predicted molar refractivity (Wildman–Crippen MR) is 64.8 cm³/mol. The maximum atomic E-state index is 11.8. The predicted octanol–water partition coefficient (Wildman–Crippen LogP) is 0.0802. The summed E-state index contributed by atoms with van der Waals surface area (Å²) >= 11 is 0. The van der Waals surface area contributed by atoms with Crippen LogP contribution in [0.25, 0.3) is 0 Å². The van der Waals surface area contributed by atoms with Crippen molar-refractivity contribution in [3.05, 3.63) is 0 Å². The van der Waals surface area contributed by atoms with E-state index in [0.717, 1.165) is 0 Å². The molecule has 0 spiro atoms. The maximum Gasteiger partial charge on any atom is 0.328 e. The normalized spacial score (nSPS) is 21.2. The lowest BCUT2D eigenvalue weighted by molar-refractivity contribution is -0.142. The molecule has 1 saturated heterocycles. The zero-order chi connectivity index (χ0) is 13.9. The third-order valence-corrected chi connectivity index (χ3v) is 3.27. The lowest BCUT2D eigenvalue weighted by Crippen LogP contribution is -2.48. The van der Waals surface area contributed by atoms with Crippen molar-refractivity contribution >= 4 is 17.8 Å². The summed E-state index contributed by atoms with van der Waals surface area (Å²) < 4.78 is 0. The molecule has 0 bridgehead atoms. The van der Waals surface area contributed by atoms with Gasteiger partial charge in [-0.2, -0.15) is 0 Å². The number of rotatable bonds is 5. The number of carboxylic acids is 1. The van der Waals surface area contributed by atoms with Crippen molar-refractivity contribution in [1.82, 2.24) is 10.2 Å². The number of hydrogen-bond donors (Lipinski definition) is 2. The third-order valence-electron chi connectivity index (χ3n) is 3.27. The summed E-state index contributed by atoms with van der Waals surface area (Å²) in [7, 11) is 0. The quantitative estimate of drug-likeness (QED) is 0.729. The van der Waals surface area contributed by atoms with Gasteiger partial charge >= 0.3 is 5.97 Å². The fraction of sp³-hybridized carbons (Fsp3) is 0.750. The van der Waals surface area contributed by atoms with Crippen LogP contribution in [0.3, 0.4) is 0 Å². The van der Waals surface area contributed by atoms with Crippen molar-refractivity contribution < 1.29 is 19.5 Å². The van der Waals surface area contributed by atoms with E-state index in [1.807, 2.05) is 13.8 Å². The molecular formula is C12H20N2O4. The molecule has 102 valence electrons. The van der Waals surface area contributed by atoms with E-state index < -0.39 is 17.9 Å². The first kappa shape index (κ1) is 14.5. The molecule has 1 aliphatic rings. The Labute approximate surface area is 106 Å². The Hall–Kier alpha value is -1.59. The Balaban J connectivity index is 2.62. The molecule has 1 fully saturated rings. The minimum Gasteiger partial charge on any atom is -0.480 e. The molecule has 2 atom stereocenters. The lowest BCUT2D eigenvalue weighted by atomic mass is 9.95. The molecule has 0 radical (unpaired) electrons. The van der Waals surface area contributed by atoms with Crippen LogP contribution in [0, 0.1) is 11.8 Å². The highest BCUT2D eigenvalue weighted by Crippen LogP contribution is 2.24. The second-order valence-corrected chi connectivity index (χ2v) is 5.10. The molecule has 2 unspecified atom stereocenters. The molecule has 0 aromatic heterocycles. The summed E-state index contributed by atoms with van der Waals surface area (Å²) in [5, 5.41) is 11.3.